The van der Waals surface area contributed by atoms with Crippen LogP contribution in [0.2, 0.25) is 0 Å². The molecule has 3 heteroatoms. The molecule has 0 amide bonds. The van der Waals surface area contributed by atoms with Crippen LogP contribution in [0.25, 0.3) is 0 Å². The first kappa shape index (κ1) is 25.6. The molecule has 0 aliphatic heterocycles. The SMILES string of the molecule is CCCCC(C)(Pc1ccccc1C(C)=O)c1cc(C(C)(C)C)cc(C(C)(C)C)c1O. The van der Waals surface area contributed by atoms with Crippen LogP contribution in [0.4, 0.5) is 0 Å². The van der Waals surface area contributed by atoms with Crippen LogP contribution in [0.3, 0.4) is 0 Å². The van der Waals surface area contributed by atoms with Crippen LogP contribution >= 0.6 is 8.58 Å². The summed E-state index contributed by atoms with van der Waals surface area (Å²) in [6.07, 6.45) is 3.15. The number of rotatable bonds is 7. The summed E-state index contributed by atoms with van der Waals surface area (Å²) in [4.78, 5) is 12.3. The monoisotopic (exact) mass is 440 g/mol. The van der Waals surface area contributed by atoms with Gasteiger partial charge < -0.3 is 5.11 Å². The van der Waals surface area contributed by atoms with Crippen LogP contribution in [0, 0.1) is 0 Å². The normalized spacial score (nSPS) is 14.7. The summed E-state index contributed by atoms with van der Waals surface area (Å²) >= 11 is 0. The van der Waals surface area contributed by atoms with E-state index in [-0.39, 0.29) is 21.8 Å². The van der Waals surface area contributed by atoms with Gasteiger partial charge >= 0.3 is 0 Å². The van der Waals surface area contributed by atoms with Gasteiger partial charge in [-0.1, -0.05) is 113 Å². The van der Waals surface area contributed by atoms with Gasteiger partial charge in [0, 0.05) is 16.3 Å². The van der Waals surface area contributed by atoms with Gasteiger partial charge in [0.15, 0.2) is 5.78 Å². The summed E-state index contributed by atoms with van der Waals surface area (Å²) in [5.74, 6) is 0.524. The Morgan fingerprint density at radius 1 is 0.935 bits per heavy atom. The van der Waals surface area contributed by atoms with Gasteiger partial charge in [-0.3, -0.25) is 4.79 Å². The molecule has 0 aromatic heterocycles. The van der Waals surface area contributed by atoms with Crippen molar-refractivity contribution in [2.45, 2.75) is 97.6 Å². The standard InChI is InChI=1S/C28H41O2P/c1-10-11-16-28(9,31-24-15-13-12-14-21(24)19(2)29)23-18-20(26(3,4)5)17-22(25(23)30)27(6,7)8/h12-15,17-18,30-31H,10-11,16H2,1-9H3. The third kappa shape index (κ3) is 5.98. The largest absolute Gasteiger partial charge is 0.507 e. The molecule has 0 fully saturated rings. The fourth-order valence-electron chi connectivity index (χ4n) is 4.05. The van der Waals surface area contributed by atoms with E-state index in [4.69, 9.17) is 0 Å². The molecule has 0 bridgehead atoms. The summed E-state index contributed by atoms with van der Waals surface area (Å²) < 4.78 is 0. The molecule has 0 radical (unpaired) electrons. The number of aromatic hydroxyl groups is 1. The van der Waals surface area contributed by atoms with E-state index in [0.717, 1.165) is 41.3 Å². The van der Waals surface area contributed by atoms with Gasteiger partial charge in [-0.2, -0.15) is 0 Å². The summed E-state index contributed by atoms with van der Waals surface area (Å²) in [5.41, 5.74) is 3.89. The molecule has 2 aromatic carbocycles. The van der Waals surface area contributed by atoms with E-state index in [1.165, 1.54) is 5.56 Å². The molecule has 2 unspecified atom stereocenters. The van der Waals surface area contributed by atoms with E-state index in [2.05, 4.69) is 73.6 Å². The first-order valence-electron chi connectivity index (χ1n) is 11.5. The van der Waals surface area contributed by atoms with Gasteiger partial charge in [0.05, 0.1) is 0 Å². The van der Waals surface area contributed by atoms with Crippen molar-refractivity contribution in [1.82, 2.24) is 0 Å². The minimum Gasteiger partial charge on any atom is -0.507 e. The summed E-state index contributed by atoms with van der Waals surface area (Å²) in [6.45, 7) is 19.3. The highest BCUT2D eigenvalue weighted by Gasteiger charge is 2.35. The number of carbonyl (C=O) groups is 1. The molecule has 0 heterocycles. The van der Waals surface area contributed by atoms with Gasteiger partial charge in [-0.25, -0.2) is 0 Å². The zero-order valence-corrected chi connectivity index (χ0v) is 21.9. The highest BCUT2D eigenvalue weighted by molar-refractivity contribution is 7.48. The van der Waals surface area contributed by atoms with E-state index >= 15 is 0 Å². The van der Waals surface area contributed by atoms with Crippen LogP contribution in [0.5, 0.6) is 5.75 Å². The molecule has 2 atom stereocenters. The maximum atomic E-state index is 12.3. The number of phenolic OH excluding ortho intramolecular Hbond substituents is 1. The Labute approximate surface area is 191 Å². The second kappa shape index (κ2) is 9.45. The van der Waals surface area contributed by atoms with Gasteiger partial charge in [0.25, 0.3) is 0 Å². The maximum Gasteiger partial charge on any atom is 0.160 e. The Morgan fingerprint density at radius 3 is 2.03 bits per heavy atom. The van der Waals surface area contributed by atoms with Crippen LogP contribution in [-0.2, 0) is 16.0 Å². The highest BCUT2D eigenvalue weighted by atomic mass is 31.1. The molecule has 2 rings (SSSR count). The Balaban J connectivity index is 2.77. The van der Waals surface area contributed by atoms with Crippen LogP contribution in [0.1, 0.15) is 109 Å². The van der Waals surface area contributed by atoms with Crippen molar-refractivity contribution < 1.29 is 9.90 Å². The van der Waals surface area contributed by atoms with E-state index in [1.807, 2.05) is 18.2 Å². The van der Waals surface area contributed by atoms with Crippen molar-refractivity contribution in [3.05, 3.63) is 58.7 Å². The van der Waals surface area contributed by atoms with Gasteiger partial charge in [0.2, 0.25) is 0 Å². The molecule has 0 saturated heterocycles. The van der Waals surface area contributed by atoms with Crippen molar-refractivity contribution >= 4 is 19.7 Å². The molecule has 2 nitrogen and oxygen atoms in total. The minimum absolute atomic E-state index is 0.0193. The zero-order chi connectivity index (χ0) is 23.6. The molecule has 1 N–H and O–H groups in total. The van der Waals surface area contributed by atoms with E-state index in [9.17, 15) is 9.90 Å². The fourth-order valence-corrected chi connectivity index (χ4v) is 5.85. The van der Waals surface area contributed by atoms with Gasteiger partial charge in [0.1, 0.15) is 5.75 Å². The number of hydrogen-bond donors (Lipinski definition) is 1. The lowest BCUT2D eigenvalue weighted by Crippen LogP contribution is -2.25. The second-order valence-electron chi connectivity index (χ2n) is 11.1. The minimum atomic E-state index is -0.243. The van der Waals surface area contributed by atoms with E-state index < -0.39 is 0 Å². The average molecular weight is 441 g/mol. The number of phenols is 1. The molecular formula is C28H41O2P. The lowest BCUT2D eigenvalue weighted by molar-refractivity contribution is 0.101. The third-order valence-corrected chi connectivity index (χ3v) is 7.90. The van der Waals surface area contributed by atoms with Crippen molar-refractivity contribution in [3.63, 3.8) is 0 Å². The van der Waals surface area contributed by atoms with Gasteiger partial charge in [-0.15, -0.1) is 0 Å². The Bertz CT molecular complexity index is 931. The Morgan fingerprint density at radius 2 is 1.52 bits per heavy atom. The summed E-state index contributed by atoms with van der Waals surface area (Å²) in [5, 5.41) is 12.4. The Hall–Kier alpha value is -1.66. The molecule has 170 valence electrons. The summed E-state index contributed by atoms with van der Waals surface area (Å²) in [6, 6.07) is 12.4. The van der Waals surface area contributed by atoms with Crippen LogP contribution in [-0.4, -0.2) is 10.9 Å². The highest BCUT2D eigenvalue weighted by Crippen LogP contribution is 2.51. The first-order chi connectivity index (χ1) is 14.2. The number of carbonyl (C=O) groups excluding carboxylic acids is 1. The van der Waals surface area contributed by atoms with Crippen molar-refractivity contribution in [3.8, 4) is 5.75 Å². The second-order valence-corrected chi connectivity index (χ2v) is 13.0. The number of hydrogen-bond acceptors (Lipinski definition) is 2. The molecule has 0 spiro atoms. The van der Waals surface area contributed by atoms with Crippen molar-refractivity contribution in [1.29, 1.82) is 0 Å². The zero-order valence-electron chi connectivity index (χ0n) is 20.9. The fraction of sp³-hybridized carbons (Fsp3) is 0.536. The first-order valence-corrected chi connectivity index (χ1v) is 12.5. The molecule has 0 saturated carbocycles. The Kier molecular flexibility index (Phi) is 7.81. The van der Waals surface area contributed by atoms with Crippen molar-refractivity contribution in [2.24, 2.45) is 0 Å². The van der Waals surface area contributed by atoms with Crippen molar-refractivity contribution in [2.75, 3.05) is 0 Å². The van der Waals surface area contributed by atoms with Gasteiger partial charge in [-0.05, 0) is 40.6 Å². The molecule has 0 aliphatic rings. The molecule has 2 aromatic rings. The number of benzene rings is 2. The lowest BCUT2D eigenvalue weighted by atomic mass is 9.77. The predicted molar refractivity (Wildman–Crippen MR) is 137 cm³/mol. The average Bonchev–Trinajstić information content (AvgIpc) is 2.64. The van der Waals surface area contributed by atoms with Crippen LogP contribution < -0.4 is 5.30 Å². The number of ketones is 1. The predicted octanol–water partition coefficient (Wildman–Crippen LogP) is 7.60. The topological polar surface area (TPSA) is 37.3 Å². The number of unbranched alkanes of at least 4 members (excludes halogenated alkanes) is 1. The van der Waals surface area contributed by atoms with Crippen LogP contribution in [0.15, 0.2) is 36.4 Å². The van der Waals surface area contributed by atoms with E-state index in [0.29, 0.717) is 14.3 Å². The molecular weight excluding hydrogens is 399 g/mol. The lowest BCUT2D eigenvalue weighted by Gasteiger charge is -2.36. The van der Waals surface area contributed by atoms with E-state index in [1.54, 1.807) is 6.92 Å². The maximum absolute atomic E-state index is 12.3. The molecule has 31 heavy (non-hydrogen) atoms. The molecule has 0 aliphatic carbocycles. The smallest absolute Gasteiger partial charge is 0.160 e. The summed E-state index contributed by atoms with van der Waals surface area (Å²) in [7, 11) is 0.403. The third-order valence-electron chi connectivity index (χ3n) is 6.13. The quantitative estimate of drug-likeness (QED) is 0.355. The number of Topliss-reactive ketones (excluding diaryl/α,β-unsaturated/α-hetero) is 1.